The van der Waals surface area contributed by atoms with Crippen LogP contribution >= 0.6 is 0 Å². The highest BCUT2D eigenvalue weighted by atomic mass is 16.5. The van der Waals surface area contributed by atoms with Crippen LogP contribution in [-0.2, 0) is 9.59 Å². The largest absolute Gasteiger partial charge is 0.497 e. The van der Waals surface area contributed by atoms with Gasteiger partial charge in [0.2, 0.25) is 0 Å². The first-order valence-corrected chi connectivity index (χ1v) is 4.36. The van der Waals surface area contributed by atoms with Gasteiger partial charge < -0.3 is 20.7 Å². The third kappa shape index (κ3) is 2.22. The lowest BCUT2D eigenvalue weighted by Gasteiger charge is -2.12. The third-order valence-electron chi connectivity index (χ3n) is 2.10. The van der Waals surface area contributed by atoms with Gasteiger partial charge in [0, 0.05) is 11.3 Å². The molecule has 1 rings (SSSR count). The maximum absolute atomic E-state index is 10.8. The van der Waals surface area contributed by atoms with Crippen molar-refractivity contribution in [2.24, 2.45) is 0 Å². The Balaban J connectivity index is 3.27. The monoisotopic (exact) mass is 225 g/mol. The molecule has 0 fully saturated rings. The van der Waals surface area contributed by atoms with Gasteiger partial charge in [0.25, 0.3) is 0 Å². The Morgan fingerprint density at radius 1 is 1.31 bits per heavy atom. The van der Waals surface area contributed by atoms with Crippen molar-refractivity contribution in [3.05, 3.63) is 23.8 Å². The number of benzene rings is 1. The van der Waals surface area contributed by atoms with Gasteiger partial charge in [-0.1, -0.05) is 0 Å². The molecule has 0 unspecified atom stereocenters. The van der Waals surface area contributed by atoms with E-state index >= 15 is 0 Å². The van der Waals surface area contributed by atoms with Gasteiger partial charge in [-0.3, -0.25) is 9.59 Å². The molecular formula is C10H11NO5. The average Bonchev–Trinajstić information content (AvgIpc) is 2.20. The molecule has 0 aliphatic heterocycles. The van der Waals surface area contributed by atoms with E-state index in [0.29, 0.717) is 5.75 Å². The summed E-state index contributed by atoms with van der Waals surface area (Å²) in [5.41, 5.74) is 5.66. The van der Waals surface area contributed by atoms with Gasteiger partial charge in [-0.2, -0.15) is 0 Å². The molecule has 0 aromatic heterocycles. The van der Waals surface area contributed by atoms with Gasteiger partial charge in [0.1, 0.15) is 5.75 Å². The maximum Gasteiger partial charge on any atom is 0.322 e. The number of anilines is 1. The van der Waals surface area contributed by atoms with Gasteiger partial charge in [-0.25, -0.2) is 0 Å². The smallest absolute Gasteiger partial charge is 0.322 e. The number of carboxylic acid groups (broad SMARTS) is 2. The molecule has 4 N–H and O–H groups in total. The third-order valence-corrected chi connectivity index (χ3v) is 2.10. The first kappa shape index (κ1) is 11.8. The lowest BCUT2D eigenvalue weighted by atomic mass is 9.97. The number of hydrogen-bond donors (Lipinski definition) is 3. The first-order chi connectivity index (χ1) is 7.47. The number of methoxy groups -OCH3 is 1. The molecule has 16 heavy (non-hydrogen) atoms. The summed E-state index contributed by atoms with van der Waals surface area (Å²) in [4.78, 5) is 21.6. The number of hydrogen-bond acceptors (Lipinski definition) is 4. The van der Waals surface area contributed by atoms with Crippen LogP contribution in [0.25, 0.3) is 0 Å². The minimum Gasteiger partial charge on any atom is -0.497 e. The molecule has 0 amide bonds. The lowest BCUT2D eigenvalue weighted by Crippen LogP contribution is -2.22. The average molecular weight is 225 g/mol. The van der Waals surface area contributed by atoms with Crippen molar-refractivity contribution in [3.63, 3.8) is 0 Å². The van der Waals surface area contributed by atoms with E-state index in [1.807, 2.05) is 0 Å². The summed E-state index contributed by atoms with van der Waals surface area (Å²) in [6.07, 6.45) is 0. The van der Waals surface area contributed by atoms with Crippen LogP contribution in [-0.4, -0.2) is 29.3 Å². The van der Waals surface area contributed by atoms with E-state index in [1.165, 1.54) is 25.3 Å². The molecule has 6 nitrogen and oxygen atoms in total. The Morgan fingerprint density at radius 2 is 1.88 bits per heavy atom. The molecule has 0 bridgehead atoms. The van der Waals surface area contributed by atoms with Crippen molar-refractivity contribution < 1.29 is 24.5 Å². The van der Waals surface area contributed by atoms with Crippen molar-refractivity contribution in [2.45, 2.75) is 5.92 Å². The highest BCUT2D eigenvalue weighted by molar-refractivity contribution is 6.00. The molecule has 86 valence electrons. The van der Waals surface area contributed by atoms with E-state index in [2.05, 4.69) is 0 Å². The van der Waals surface area contributed by atoms with Crippen molar-refractivity contribution in [3.8, 4) is 5.75 Å². The number of carbonyl (C=O) groups is 2. The zero-order valence-corrected chi connectivity index (χ0v) is 8.51. The van der Waals surface area contributed by atoms with Gasteiger partial charge in [-0.05, 0) is 18.2 Å². The van der Waals surface area contributed by atoms with E-state index < -0.39 is 17.9 Å². The van der Waals surface area contributed by atoms with Crippen LogP contribution in [0.4, 0.5) is 5.69 Å². The summed E-state index contributed by atoms with van der Waals surface area (Å²) in [7, 11) is 1.39. The van der Waals surface area contributed by atoms with Crippen molar-refractivity contribution in [1.82, 2.24) is 0 Å². The van der Waals surface area contributed by atoms with Gasteiger partial charge in [0.15, 0.2) is 5.92 Å². The topological polar surface area (TPSA) is 110 Å². The highest BCUT2D eigenvalue weighted by Crippen LogP contribution is 2.27. The Hall–Kier alpha value is -2.24. The Morgan fingerprint density at radius 3 is 2.31 bits per heavy atom. The Bertz CT molecular complexity index is 415. The van der Waals surface area contributed by atoms with Gasteiger partial charge >= 0.3 is 11.9 Å². The zero-order valence-electron chi connectivity index (χ0n) is 8.51. The minimum atomic E-state index is -1.69. The number of carboxylic acids is 2. The van der Waals surface area contributed by atoms with Crippen molar-refractivity contribution in [1.29, 1.82) is 0 Å². The molecule has 0 saturated heterocycles. The second-order valence-electron chi connectivity index (χ2n) is 3.10. The number of nitrogens with two attached hydrogens (primary N) is 1. The fourth-order valence-electron chi connectivity index (χ4n) is 1.30. The summed E-state index contributed by atoms with van der Waals surface area (Å²) in [6, 6.07) is 4.24. The van der Waals surface area contributed by atoms with Crippen LogP contribution in [0.2, 0.25) is 0 Å². The standard InChI is InChI=1S/C10H11NO5/c1-16-5-2-3-7(11)6(4-5)8(9(12)13)10(14)15/h2-4,8H,11H2,1H3,(H,12,13)(H,14,15). The quantitative estimate of drug-likeness (QED) is 0.509. The number of ether oxygens (including phenoxy) is 1. The van der Waals surface area contributed by atoms with E-state index in [0.717, 1.165) is 0 Å². The van der Waals surface area contributed by atoms with Crippen LogP contribution in [0.3, 0.4) is 0 Å². The van der Waals surface area contributed by atoms with Crippen LogP contribution in [0, 0.1) is 0 Å². The highest BCUT2D eigenvalue weighted by Gasteiger charge is 2.30. The molecular weight excluding hydrogens is 214 g/mol. The molecule has 0 atom stereocenters. The fraction of sp³-hybridized carbons (Fsp3) is 0.200. The van der Waals surface area contributed by atoms with Gasteiger partial charge in [0.05, 0.1) is 7.11 Å². The number of aliphatic carboxylic acids is 2. The van der Waals surface area contributed by atoms with E-state index in [-0.39, 0.29) is 11.3 Å². The molecule has 0 heterocycles. The second-order valence-corrected chi connectivity index (χ2v) is 3.10. The number of rotatable bonds is 4. The van der Waals surface area contributed by atoms with Crippen LogP contribution < -0.4 is 10.5 Å². The molecule has 0 spiro atoms. The van der Waals surface area contributed by atoms with Crippen molar-refractivity contribution in [2.75, 3.05) is 12.8 Å². The van der Waals surface area contributed by atoms with E-state index in [1.54, 1.807) is 0 Å². The number of nitrogen functional groups attached to an aromatic ring is 1. The Kier molecular flexibility index (Phi) is 3.34. The molecule has 0 aliphatic carbocycles. The van der Waals surface area contributed by atoms with Crippen LogP contribution in [0.15, 0.2) is 18.2 Å². The van der Waals surface area contributed by atoms with Crippen LogP contribution in [0.1, 0.15) is 11.5 Å². The summed E-state index contributed by atoms with van der Waals surface area (Å²) in [5.74, 6) is -4.26. The Labute approximate surface area is 91.3 Å². The first-order valence-electron chi connectivity index (χ1n) is 4.36. The molecule has 1 aromatic carbocycles. The zero-order chi connectivity index (χ0) is 12.3. The van der Waals surface area contributed by atoms with Gasteiger partial charge in [-0.15, -0.1) is 0 Å². The normalized spacial score (nSPS) is 10.1. The fourth-order valence-corrected chi connectivity index (χ4v) is 1.30. The van der Waals surface area contributed by atoms with E-state index in [9.17, 15) is 9.59 Å². The molecule has 6 heteroatoms. The molecule has 1 aromatic rings. The predicted octanol–water partition coefficient (Wildman–Crippen LogP) is 0.530. The lowest BCUT2D eigenvalue weighted by molar-refractivity contribution is -0.150. The summed E-state index contributed by atoms with van der Waals surface area (Å²) in [5, 5.41) is 17.6. The van der Waals surface area contributed by atoms with E-state index in [4.69, 9.17) is 20.7 Å². The molecule has 0 aliphatic rings. The second kappa shape index (κ2) is 4.52. The summed E-state index contributed by atoms with van der Waals surface area (Å²) in [6.45, 7) is 0. The maximum atomic E-state index is 10.8. The summed E-state index contributed by atoms with van der Waals surface area (Å²) >= 11 is 0. The van der Waals surface area contributed by atoms with Crippen LogP contribution in [0.5, 0.6) is 5.75 Å². The minimum absolute atomic E-state index is 0.0133. The molecule has 0 radical (unpaired) electrons. The van der Waals surface area contributed by atoms with Crippen molar-refractivity contribution >= 4 is 17.6 Å². The predicted molar refractivity (Wildman–Crippen MR) is 55.4 cm³/mol. The SMILES string of the molecule is COc1ccc(N)c(C(C(=O)O)C(=O)O)c1. The summed E-state index contributed by atoms with van der Waals surface area (Å²) < 4.78 is 4.88. The molecule has 0 saturated carbocycles.